The maximum Gasteiger partial charge on any atom is 0.346 e. The molecule has 31 heavy (non-hydrogen) atoms. The van der Waals surface area contributed by atoms with Crippen molar-refractivity contribution in [1.29, 1.82) is 0 Å². The summed E-state index contributed by atoms with van der Waals surface area (Å²) < 4.78 is 17.0. The first-order valence-corrected chi connectivity index (χ1v) is 11.2. The summed E-state index contributed by atoms with van der Waals surface area (Å²) in [5.74, 6) is 0.922. The summed E-state index contributed by atoms with van der Waals surface area (Å²) in [6, 6.07) is 12.1. The van der Waals surface area contributed by atoms with Crippen molar-refractivity contribution in [1.82, 2.24) is 20.3 Å². The molecule has 1 aromatic carbocycles. The van der Waals surface area contributed by atoms with Gasteiger partial charge in [-0.25, -0.2) is 4.98 Å². The SMILES string of the molecule is COc1ncccc1C(=O)NCCNc1cc(Nc2ccc(Cl)cc2)nc([S+](C)[O-])n1. The van der Waals surface area contributed by atoms with Crippen LogP contribution >= 0.6 is 11.6 Å². The Morgan fingerprint density at radius 2 is 1.90 bits per heavy atom. The van der Waals surface area contributed by atoms with Crippen LogP contribution in [0, 0.1) is 0 Å². The lowest BCUT2D eigenvalue weighted by molar-refractivity contribution is 0.0951. The molecule has 0 radical (unpaired) electrons. The van der Waals surface area contributed by atoms with E-state index in [2.05, 4.69) is 30.9 Å². The minimum Gasteiger partial charge on any atom is -0.609 e. The highest BCUT2D eigenvalue weighted by atomic mass is 35.5. The molecule has 9 nitrogen and oxygen atoms in total. The van der Waals surface area contributed by atoms with Crippen molar-refractivity contribution in [3.05, 3.63) is 59.2 Å². The lowest BCUT2D eigenvalue weighted by atomic mass is 10.2. The summed E-state index contributed by atoms with van der Waals surface area (Å²) in [6.45, 7) is 0.715. The number of nitrogens with one attached hydrogen (secondary N) is 3. The number of anilines is 3. The molecule has 0 saturated heterocycles. The van der Waals surface area contributed by atoms with E-state index in [0.29, 0.717) is 35.3 Å². The number of nitrogens with zero attached hydrogens (tertiary/aromatic N) is 3. The second kappa shape index (κ2) is 10.8. The zero-order chi connectivity index (χ0) is 22.2. The number of rotatable bonds is 9. The minimum atomic E-state index is -1.37. The minimum absolute atomic E-state index is 0.186. The van der Waals surface area contributed by atoms with Crippen LogP contribution in [-0.2, 0) is 11.2 Å². The molecule has 3 aromatic rings. The second-order valence-corrected chi connectivity index (χ2v) is 7.96. The molecule has 3 N–H and O–H groups in total. The molecule has 1 amide bonds. The quantitative estimate of drug-likeness (QED) is 0.253. The Bertz CT molecular complexity index is 1040. The second-order valence-electron chi connectivity index (χ2n) is 6.25. The van der Waals surface area contributed by atoms with Crippen LogP contribution in [0.15, 0.2) is 53.8 Å². The third-order valence-corrected chi connectivity index (χ3v) is 4.95. The van der Waals surface area contributed by atoms with Crippen LogP contribution in [0.1, 0.15) is 10.4 Å². The van der Waals surface area contributed by atoms with Gasteiger partial charge in [-0.3, -0.25) is 4.79 Å². The molecule has 0 aliphatic carbocycles. The zero-order valence-corrected chi connectivity index (χ0v) is 18.5. The molecule has 1 unspecified atom stereocenters. The van der Waals surface area contributed by atoms with Crippen molar-refractivity contribution in [3.8, 4) is 5.88 Å². The van der Waals surface area contributed by atoms with E-state index in [9.17, 15) is 9.35 Å². The lowest BCUT2D eigenvalue weighted by Crippen LogP contribution is -2.29. The molecule has 162 valence electrons. The Morgan fingerprint density at radius 3 is 2.61 bits per heavy atom. The average molecular weight is 461 g/mol. The van der Waals surface area contributed by atoms with Gasteiger partial charge in [0.05, 0.1) is 7.11 Å². The lowest BCUT2D eigenvalue weighted by Gasteiger charge is -2.12. The van der Waals surface area contributed by atoms with Crippen LogP contribution in [0.4, 0.5) is 17.3 Å². The molecular formula is C20H21ClN6O3S. The van der Waals surface area contributed by atoms with Gasteiger partial charge in [-0.05, 0) is 36.4 Å². The van der Waals surface area contributed by atoms with E-state index in [1.807, 2.05) is 12.1 Å². The molecular weight excluding hydrogens is 440 g/mol. The monoisotopic (exact) mass is 460 g/mol. The van der Waals surface area contributed by atoms with E-state index in [1.165, 1.54) is 13.4 Å². The van der Waals surface area contributed by atoms with Crippen molar-refractivity contribution in [2.75, 3.05) is 37.1 Å². The zero-order valence-electron chi connectivity index (χ0n) is 16.9. The van der Waals surface area contributed by atoms with Gasteiger partial charge in [0.25, 0.3) is 5.91 Å². The van der Waals surface area contributed by atoms with Crippen LogP contribution < -0.4 is 20.7 Å². The van der Waals surface area contributed by atoms with Gasteiger partial charge in [0.15, 0.2) is 0 Å². The van der Waals surface area contributed by atoms with Crippen LogP contribution in [0.5, 0.6) is 5.88 Å². The van der Waals surface area contributed by atoms with Crippen molar-refractivity contribution >= 4 is 46.0 Å². The first kappa shape index (κ1) is 22.6. The summed E-state index contributed by atoms with van der Waals surface area (Å²) in [5.41, 5.74) is 1.13. The van der Waals surface area contributed by atoms with E-state index in [4.69, 9.17) is 16.3 Å². The number of carbonyl (C=O) groups is 1. The number of carbonyl (C=O) groups excluding carboxylic acids is 1. The molecule has 2 aromatic heterocycles. The molecule has 0 fully saturated rings. The number of benzene rings is 1. The molecule has 0 bridgehead atoms. The van der Waals surface area contributed by atoms with Gasteiger partial charge in [0.2, 0.25) is 5.88 Å². The standard InChI is InChI=1S/C20H21ClN6O3S/c1-30-19-15(4-3-9-24-19)18(28)23-11-10-22-16-12-17(27-20(26-16)31(2)29)25-14-7-5-13(21)6-8-14/h3-9,12H,10-11H2,1-2H3,(H,23,28)(H2,22,25,26,27). The van der Waals surface area contributed by atoms with E-state index in [-0.39, 0.29) is 16.9 Å². The molecule has 3 rings (SSSR count). The fraction of sp³-hybridized carbons (Fsp3) is 0.200. The smallest absolute Gasteiger partial charge is 0.346 e. The Kier molecular flexibility index (Phi) is 7.88. The number of amides is 1. The molecule has 0 saturated carbocycles. The summed E-state index contributed by atoms with van der Waals surface area (Å²) in [6.07, 6.45) is 3.06. The van der Waals surface area contributed by atoms with Gasteiger partial charge >= 0.3 is 5.16 Å². The number of aromatic nitrogens is 3. The van der Waals surface area contributed by atoms with Crippen LogP contribution in [0.3, 0.4) is 0 Å². The van der Waals surface area contributed by atoms with Crippen LogP contribution in [0.25, 0.3) is 0 Å². The van der Waals surface area contributed by atoms with Crippen molar-refractivity contribution in [3.63, 3.8) is 0 Å². The highest BCUT2D eigenvalue weighted by Crippen LogP contribution is 2.21. The maximum atomic E-state index is 12.3. The first-order valence-electron chi connectivity index (χ1n) is 9.22. The number of hydrogen-bond acceptors (Lipinski definition) is 8. The predicted octanol–water partition coefficient (Wildman–Crippen LogP) is 2.86. The normalized spacial score (nSPS) is 11.5. The molecule has 2 heterocycles. The molecule has 0 spiro atoms. The van der Waals surface area contributed by atoms with E-state index in [1.54, 1.807) is 36.5 Å². The van der Waals surface area contributed by atoms with Gasteiger partial charge < -0.3 is 25.2 Å². The van der Waals surface area contributed by atoms with Gasteiger partial charge in [0, 0.05) is 47.2 Å². The Morgan fingerprint density at radius 1 is 1.16 bits per heavy atom. The number of hydrogen-bond donors (Lipinski definition) is 3. The molecule has 0 aliphatic rings. The Hall–Kier alpha value is -3.08. The van der Waals surface area contributed by atoms with Crippen LogP contribution in [0.2, 0.25) is 5.02 Å². The number of pyridine rings is 1. The maximum absolute atomic E-state index is 12.3. The molecule has 11 heteroatoms. The van der Waals surface area contributed by atoms with Gasteiger partial charge in [-0.1, -0.05) is 11.6 Å². The van der Waals surface area contributed by atoms with Gasteiger partial charge in [-0.2, -0.15) is 9.97 Å². The average Bonchev–Trinajstić information content (AvgIpc) is 2.78. The van der Waals surface area contributed by atoms with Crippen molar-refractivity contribution < 1.29 is 14.1 Å². The summed E-state index contributed by atoms with van der Waals surface area (Å²) in [5, 5.41) is 9.83. The highest BCUT2D eigenvalue weighted by molar-refractivity contribution is 7.90. The molecule has 0 aliphatic heterocycles. The fourth-order valence-corrected chi connectivity index (χ4v) is 3.16. The third-order valence-electron chi connectivity index (χ3n) is 4.01. The van der Waals surface area contributed by atoms with Crippen molar-refractivity contribution in [2.24, 2.45) is 0 Å². The summed E-state index contributed by atoms with van der Waals surface area (Å²) in [7, 11) is 1.46. The predicted molar refractivity (Wildman–Crippen MR) is 121 cm³/mol. The first-order chi connectivity index (χ1) is 15.0. The topological polar surface area (TPSA) is 124 Å². The summed E-state index contributed by atoms with van der Waals surface area (Å²) in [4.78, 5) is 24.9. The number of methoxy groups -OCH3 is 1. The number of ether oxygens (including phenoxy) is 1. The third kappa shape index (κ3) is 6.45. The van der Waals surface area contributed by atoms with Crippen LogP contribution in [-0.4, -0.2) is 51.9 Å². The Balaban J connectivity index is 1.62. The fourth-order valence-electron chi connectivity index (χ4n) is 2.58. The summed E-state index contributed by atoms with van der Waals surface area (Å²) >= 11 is 4.54. The van der Waals surface area contributed by atoms with Crippen molar-refractivity contribution in [2.45, 2.75) is 5.16 Å². The van der Waals surface area contributed by atoms with E-state index in [0.717, 1.165) is 5.69 Å². The van der Waals surface area contributed by atoms with E-state index < -0.39 is 11.2 Å². The number of halogens is 1. The highest BCUT2D eigenvalue weighted by Gasteiger charge is 2.14. The van der Waals surface area contributed by atoms with E-state index >= 15 is 0 Å². The largest absolute Gasteiger partial charge is 0.609 e. The van der Waals surface area contributed by atoms with Gasteiger partial charge in [-0.15, -0.1) is 0 Å². The van der Waals surface area contributed by atoms with Gasteiger partial charge in [0.1, 0.15) is 23.5 Å². The Labute approximate surface area is 187 Å². The molecule has 1 atom stereocenters.